The van der Waals surface area contributed by atoms with Crippen molar-refractivity contribution in [3.05, 3.63) is 12.2 Å². The zero-order valence-corrected chi connectivity index (χ0v) is 5.52. The Morgan fingerprint density at radius 2 is 2.00 bits per heavy atom. The number of hydrogen-bond donors (Lipinski definition) is 0. The van der Waals surface area contributed by atoms with Gasteiger partial charge in [-0.2, -0.15) is 0 Å². The first kappa shape index (κ1) is 10.0. The van der Waals surface area contributed by atoms with Crippen LogP contribution in [-0.2, 0) is 21.9 Å². The smallest absolute Gasteiger partial charge is 0.152 e. The fourth-order valence-electron chi connectivity index (χ4n) is 0.235. The van der Waals surface area contributed by atoms with E-state index in [1.54, 1.807) is 6.08 Å². The predicted octanol–water partition coefficient (Wildman–Crippen LogP) is 1.15. The van der Waals surface area contributed by atoms with Crippen LogP contribution in [0.3, 0.4) is 0 Å². The molecule has 0 fully saturated rings. The topological polar surface area (TPSA) is 17.1 Å². The van der Waals surface area contributed by atoms with Crippen LogP contribution in [0.15, 0.2) is 12.2 Å². The van der Waals surface area contributed by atoms with Gasteiger partial charge < -0.3 is 0 Å². The largest absolute Gasteiger partial charge is 0.295 e. The third-order valence-corrected chi connectivity index (χ3v) is 0.401. The van der Waals surface area contributed by atoms with Crippen molar-refractivity contribution in [2.75, 3.05) is 0 Å². The van der Waals surface area contributed by atoms with Crippen molar-refractivity contribution in [2.45, 2.75) is 13.8 Å². The summed E-state index contributed by atoms with van der Waals surface area (Å²) in [6, 6.07) is 0. The second-order valence-electron chi connectivity index (χ2n) is 1.11. The van der Waals surface area contributed by atoms with Crippen molar-refractivity contribution in [2.24, 2.45) is 0 Å². The van der Waals surface area contributed by atoms with E-state index in [-0.39, 0.29) is 22.9 Å². The molecular formula is C5H8FeO. The van der Waals surface area contributed by atoms with E-state index < -0.39 is 0 Å². The monoisotopic (exact) mass is 140 g/mol. The molecule has 1 nitrogen and oxygen atoms in total. The van der Waals surface area contributed by atoms with Gasteiger partial charge in [0.25, 0.3) is 0 Å². The van der Waals surface area contributed by atoms with Crippen LogP contribution in [0.4, 0.5) is 0 Å². The summed E-state index contributed by atoms with van der Waals surface area (Å²) in [4.78, 5) is 9.96. The van der Waals surface area contributed by atoms with Crippen LogP contribution in [0, 0.1) is 0 Å². The molecule has 7 heavy (non-hydrogen) atoms. The van der Waals surface area contributed by atoms with E-state index in [0.29, 0.717) is 0 Å². The van der Waals surface area contributed by atoms with E-state index >= 15 is 0 Å². The summed E-state index contributed by atoms with van der Waals surface area (Å²) in [5.41, 5.74) is 0. The molecule has 0 aliphatic rings. The molecule has 0 radical (unpaired) electrons. The maximum Gasteiger partial charge on any atom is 0.152 e. The Morgan fingerprint density at radius 1 is 1.57 bits per heavy atom. The van der Waals surface area contributed by atoms with Crippen molar-refractivity contribution in [1.82, 2.24) is 0 Å². The van der Waals surface area contributed by atoms with Crippen molar-refractivity contribution >= 4 is 5.78 Å². The summed E-state index contributed by atoms with van der Waals surface area (Å²) in [6.07, 6.45) is 3.25. The molecule has 0 aromatic heterocycles. The first-order valence-corrected chi connectivity index (χ1v) is 1.90. The Labute approximate surface area is 54.3 Å². The quantitative estimate of drug-likeness (QED) is 0.394. The van der Waals surface area contributed by atoms with Gasteiger partial charge in [-0.25, -0.2) is 0 Å². The van der Waals surface area contributed by atoms with Gasteiger partial charge in [-0.15, -0.1) is 0 Å². The summed E-state index contributed by atoms with van der Waals surface area (Å²) in [5, 5.41) is 0. The normalized spacial score (nSPS) is 8.29. The minimum atomic E-state index is 0. The van der Waals surface area contributed by atoms with E-state index in [2.05, 4.69) is 0 Å². The fourth-order valence-corrected chi connectivity index (χ4v) is 0.235. The van der Waals surface area contributed by atoms with Gasteiger partial charge in [0, 0.05) is 17.1 Å². The molecular weight excluding hydrogens is 132 g/mol. The minimum Gasteiger partial charge on any atom is -0.295 e. The number of allylic oxidation sites excluding steroid dienone is 2. The Morgan fingerprint density at radius 3 is 2.00 bits per heavy atom. The molecule has 2 heteroatoms. The molecule has 0 amide bonds. The van der Waals surface area contributed by atoms with Crippen molar-refractivity contribution in [3.63, 3.8) is 0 Å². The summed E-state index contributed by atoms with van der Waals surface area (Å²) in [5.74, 6) is 0.109. The molecule has 0 saturated heterocycles. The van der Waals surface area contributed by atoms with E-state index in [4.69, 9.17) is 0 Å². The summed E-state index contributed by atoms with van der Waals surface area (Å²) in [7, 11) is 0. The average molecular weight is 140 g/mol. The molecule has 42 valence electrons. The molecule has 0 aliphatic carbocycles. The van der Waals surface area contributed by atoms with Gasteiger partial charge in [0.1, 0.15) is 0 Å². The molecule has 0 aliphatic heterocycles. The Balaban J connectivity index is 0. The zero-order valence-electron chi connectivity index (χ0n) is 4.42. The maximum absolute atomic E-state index is 9.96. The zero-order chi connectivity index (χ0) is 4.99. The molecule has 0 unspecified atom stereocenters. The molecule has 0 aromatic carbocycles. The van der Waals surface area contributed by atoms with Crippen LogP contribution in [0.25, 0.3) is 0 Å². The van der Waals surface area contributed by atoms with Crippen molar-refractivity contribution < 1.29 is 21.9 Å². The predicted molar refractivity (Wildman–Crippen MR) is 25.5 cm³/mol. The van der Waals surface area contributed by atoms with Crippen LogP contribution in [-0.4, -0.2) is 5.78 Å². The molecule has 0 atom stereocenters. The number of hydrogen-bond acceptors (Lipinski definition) is 1. The van der Waals surface area contributed by atoms with Crippen LogP contribution in [0.5, 0.6) is 0 Å². The van der Waals surface area contributed by atoms with Crippen molar-refractivity contribution in [1.29, 1.82) is 0 Å². The standard InChI is InChI=1S/C5H8O.Fe/c1-3-4-5(2)6;/h3-4H,1-2H3;. The fraction of sp³-hybridized carbons (Fsp3) is 0.400. The number of ketones is 1. The van der Waals surface area contributed by atoms with Gasteiger partial charge in [0.05, 0.1) is 0 Å². The molecule has 0 spiro atoms. The molecule has 0 heterocycles. The first-order chi connectivity index (χ1) is 2.77. The van der Waals surface area contributed by atoms with E-state index in [0.717, 1.165) is 0 Å². The third-order valence-electron chi connectivity index (χ3n) is 0.401. The molecule has 0 rings (SSSR count). The Bertz CT molecular complexity index is 76.1. The molecule has 0 saturated carbocycles. The first-order valence-electron chi connectivity index (χ1n) is 1.90. The Hall–Kier alpha value is -0.0705. The second kappa shape index (κ2) is 5.93. The molecule has 0 bridgehead atoms. The SMILES string of the molecule is CC=CC(C)=O.[Fe]. The van der Waals surface area contributed by atoms with Crippen LogP contribution >= 0.6 is 0 Å². The Kier molecular flexibility index (Phi) is 8.49. The summed E-state index contributed by atoms with van der Waals surface area (Å²) < 4.78 is 0. The van der Waals surface area contributed by atoms with Gasteiger partial charge in [-0.05, 0) is 19.9 Å². The maximum atomic E-state index is 9.96. The van der Waals surface area contributed by atoms with Crippen LogP contribution in [0.1, 0.15) is 13.8 Å². The number of carbonyl (C=O) groups is 1. The third kappa shape index (κ3) is 10.7. The number of carbonyl (C=O) groups excluding carboxylic acids is 1. The van der Waals surface area contributed by atoms with Gasteiger partial charge in [-0.1, -0.05) is 6.08 Å². The van der Waals surface area contributed by atoms with Crippen molar-refractivity contribution in [3.8, 4) is 0 Å². The van der Waals surface area contributed by atoms with Gasteiger partial charge in [-0.3, -0.25) is 4.79 Å². The molecule has 0 N–H and O–H groups in total. The van der Waals surface area contributed by atoms with Crippen LogP contribution in [0.2, 0.25) is 0 Å². The summed E-state index contributed by atoms with van der Waals surface area (Å²) in [6.45, 7) is 3.35. The second-order valence-corrected chi connectivity index (χ2v) is 1.11. The average Bonchev–Trinajstić information content (AvgIpc) is 1.35. The van der Waals surface area contributed by atoms with E-state index in [9.17, 15) is 4.79 Å². The van der Waals surface area contributed by atoms with E-state index in [1.807, 2.05) is 6.92 Å². The minimum absolute atomic E-state index is 0. The van der Waals surface area contributed by atoms with Gasteiger partial charge >= 0.3 is 0 Å². The summed E-state index contributed by atoms with van der Waals surface area (Å²) >= 11 is 0. The number of rotatable bonds is 1. The van der Waals surface area contributed by atoms with Crippen LogP contribution < -0.4 is 0 Å². The van der Waals surface area contributed by atoms with Gasteiger partial charge in [0.2, 0.25) is 0 Å². The van der Waals surface area contributed by atoms with E-state index in [1.165, 1.54) is 13.0 Å². The molecule has 0 aromatic rings. The van der Waals surface area contributed by atoms with Gasteiger partial charge in [0.15, 0.2) is 5.78 Å².